The largest absolute Gasteiger partial charge is 0.310 e. The summed E-state index contributed by atoms with van der Waals surface area (Å²) in [6.07, 6.45) is 4.71. The van der Waals surface area contributed by atoms with E-state index in [4.69, 9.17) is 0 Å². The van der Waals surface area contributed by atoms with Gasteiger partial charge in [-0.25, -0.2) is 0 Å². The fourth-order valence-electron chi connectivity index (χ4n) is 1.01. The quantitative estimate of drug-likeness (QED) is 0.758. The lowest BCUT2D eigenvalue weighted by molar-refractivity contribution is 0.728. The minimum Gasteiger partial charge on any atom is -0.310 e. The van der Waals surface area contributed by atoms with Crippen LogP contribution in [0.1, 0.15) is 12.8 Å². The highest BCUT2D eigenvalue weighted by Crippen LogP contribution is 2.17. The summed E-state index contributed by atoms with van der Waals surface area (Å²) in [5.41, 5.74) is 0. The fourth-order valence-corrected chi connectivity index (χ4v) is 1.64. The molecule has 3 heteroatoms. The number of hydrogen-bond acceptors (Lipinski definition) is 1. The van der Waals surface area contributed by atoms with Gasteiger partial charge in [0.05, 0.1) is 3.39 Å². The zero-order valence-electron chi connectivity index (χ0n) is 5.03. The van der Waals surface area contributed by atoms with Crippen molar-refractivity contribution in [3.05, 3.63) is 9.47 Å². The van der Waals surface area contributed by atoms with Gasteiger partial charge in [0.15, 0.2) is 0 Å². The highest BCUT2D eigenvalue weighted by molar-refractivity contribution is 9.28. The van der Waals surface area contributed by atoms with Crippen LogP contribution in [0.15, 0.2) is 9.47 Å². The van der Waals surface area contributed by atoms with Gasteiger partial charge in [0, 0.05) is 6.04 Å². The van der Waals surface area contributed by atoms with E-state index in [1.165, 1.54) is 12.8 Å². The number of rotatable bonds is 1. The zero-order chi connectivity index (χ0) is 6.69. The molecule has 0 aromatic heterocycles. The normalized spacial score (nSPS) is 26.2. The third-order valence-corrected chi connectivity index (χ3v) is 1.95. The van der Waals surface area contributed by atoms with E-state index in [1.54, 1.807) is 0 Å². The van der Waals surface area contributed by atoms with E-state index in [9.17, 15) is 0 Å². The van der Waals surface area contributed by atoms with Gasteiger partial charge >= 0.3 is 0 Å². The van der Waals surface area contributed by atoms with Crippen LogP contribution in [0.25, 0.3) is 0 Å². The van der Waals surface area contributed by atoms with Crippen LogP contribution in [0.4, 0.5) is 0 Å². The minimum absolute atomic E-state index is 0.582. The molecule has 1 atom stereocenters. The molecule has 1 aliphatic heterocycles. The smallest absolute Gasteiger partial charge is 0.0579 e. The SMILES string of the molecule is BrC(Br)=C[C@@H]1CCCN1. The molecule has 0 aromatic rings. The first-order valence-electron chi connectivity index (χ1n) is 3.05. The van der Waals surface area contributed by atoms with E-state index in [2.05, 4.69) is 43.3 Å². The van der Waals surface area contributed by atoms with Crippen LogP contribution in [0.3, 0.4) is 0 Å². The second-order valence-electron chi connectivity index (χ2n) is 2.16. The molecule has 1 aliphatic rings. The lowest BCUT2D eigenvalue weighted by Gasteiger charge is -2.00. The molecule has 0 radical (unpaired) electrons. The van der Waals surface area contributed by atoms with Crippen LogP contribution in [0, 0.1) is 0 Å². The Morgan fingerprint density at radius 1 is 1.56 bits per heavy atom. The zero-order valence-corrected chi connectivity index (χ0v) is 8.20. The Morgan fingerprint density at radius 3 is 2.78 bits per heavy atom. The van der Waals surface area contributed by atoms with Crippen molar-refractivity contribution in [3.8, 4) is 0 Å². The predicted molar refractivity (Wildman–Crippen MR) is 47.0 cm³/mol. The molecule has 0 aromatic carbocycles. The maximum Gasteiger partial charge on any atom is 0.0579 e. The van der Waals surface area contributed by atoms with E-state index in [-0.39, 0.29) is 0 Å². The molecule has 1 nitrogen and oxygen atoms in total. The molecule has 52 valence electrons. The van der Waals surface area contributed by atoms with E-state index in [1.807, 2.05) is 0 Å². The van der Waals surface area contributed by atoms with Gasteiger partial charge in [-0.3, -0.25) is 0 Å². The molecule has 1 N–H and O–H groups in total. The van der Waals surface area contributed by atoms with E-state index < -0.39 is 0 Å². The first-order chi connectivity index (χ1) is 4.29. The van der Waals surface area contributed by atoms with E-state index in [0.29, 0.717) is 6.04 Å². The summed E-state index contributed by atoms with van der Waals surface area (Å²) < 4.78 is 1.05. The number of nitrogens with one attached hydrogen (secondary N) is 1. The third-order valence-electron chi connectivity index (χ3n) is 1.43. The Hall–Kier alpha value is 0.660. The second kappa shape index (κ2) is 3.74. The van der Waals surface area contributed by atoms with Crippen LogP contribution >= 0.6 is 31.9 Å². The lowest BCUT2D eigenvalue weighted by atomic mass is 10.2. The Labute approximate surface area is 72.2 Å². The predicted octanol–water partition coefficient (Wildman–Crippen LogP) is 2.37. The molecule has 0 unspecified atom stereocenters. The average molecular weight is 255 g/mol. The Kier molecular flexibility index (Phi) is 3.22. The molecule has 0 aliphatic carbocycles. The highest BCUT2D eigenvalue weighted by atomic mass is 79.9. The molecule has 1 fully saturated rings. The van der Waals surface area contributed by atoms with Gasteiger partial charge in [0.1, 0.15) is 0 Å². The van der Waals surface area contributed by atoms with E-state index >= 15 is 0 Å². The Balaban J connectivity index is 2.35. The van der Waals surface area contributed by atoms with Crippen molar-refractivity contribution in [2.45, 2.75) is 18.9 Å². The summed E-state index contributed by atoms with van der Waals surface area (Å²) in [5, 5.41) is 3.35. The van der Waals surface area contributed by atoms with Crippen molar-refractivity contribution in [3.63, 3.8) is 0 Å². The van der Waals surface area contributed by atoms with E-state index in [0.717, 1.165) is 9.94 Å². The molecular formula is C6H9Br2N. The van der Waals surface area contributed by atoms with Crippen LogP contribution < -0.4 is 5.32 Å². The highest BCUT2D eigenvalue weighted by Gasteiger charge is 2.10. The fraction of sp³-hybridized carbons (Fsp3) is 0.667. The molecule has 0 spiro atoms. The van der Waals surface area contributed by atoms with Crippen molar-refractivity contribution in [2.24, 2.45) is 0 Å². The standard InChI is InChI=1S/C6H9Br2N/c7-6(8)4-5-2-1-3-9-5/h4-5,9H,1-3H2/t5-/m0/s1. The summed E-state index contributed by atoms with van der Waals surface area (Å²) in [7, 11) is 0. The van der Waals surface area contributed by atoms with Gasteiger partial charge in [0.25, 0.3) is 0 Å². The average Bonchev–Trinajstić information content (AvgIpc) is 2.15. The van der Waals surface area contributed by atoms with Gasteiger partial charge in [-0.1, -0.05) is 0 Å². The topological polar surface area (TPSA) is 12.0 Å². The monoisotopic (exact) mass is 253 g/mol. The minimum atomic E-state index is 0.582. The maximum atomic E-state index is 3.35. The summed E-state index contributed by atoms with van der Waals surface area (Å²) in [6, 6.07) is 0.582. The molecule has 0 amide bonds. The lowest BCUT2D eigenvalue weighted by Crippen LogP contribution is -2.18. The molecular weight excluding hydrogens is 246 g/mol. The summed E-state index contributed by atoms with van der Waals surface area (Å²) in [6.45, 7) is 1.16. The number of halogens is 2. The van der Waals surface area contributed by atoms with Crippen molar-refractivity contribution in [1.82, 2.24) is 5.32 Å². The summed E-state index contributed by atoms with van der Waals surface area (Å²) >= 11 is 6.64. The van der Waals surface area contributed by atoms with Gasteiger partial charge in [-0.15, -0.1) is 0 Å². The summed E-state index contributed by atoms with van der Waals surface area (Å²) in [4.78, 5) is 0. The van der Waals surface area contributed by atoms with Crippen LogP contribution in [0.5, 0.6) is 0 Å². The first-order valence-corrected chi connectivity index (χ1v) is 4.64. The molecule has 1 heterocycles. The van der Waals surface area contributed by atoms with Gasteiger partial charge in [-0.2, -0.15) is 0 Å². The van der Waals surface area contributed by atoms with Crippen molar-refractivity contribution < 1.29 is 0 Å². The maximum absolute atomic E-state index is 3.35. The van der Waals surface area contributed by atoms with Crippen molar-refractivity contribution >= 4 is 31.9 Å². The third kappa shape index (κ3) is 2.83. The Morgan fingerprint density at radius 2 is 2.33 bits per heavy atom. The van der Waals surface area contributed by atoms with Gasteiger partial charge < -0.3 is 5.32 Å². The molecule has 0 bridgehead atoms. The van der Waals surface area contributed by atoms with Gasteiger partial charge in [0.2, 0.25) is 0 Å². The van der Waals surface area contributed by atoms with Crippen molar-refractivity contribution in [2.75, 3.05) is 6.54 Å². The molecule has 1 rings (SSSR count). The Bertz CT molecular complexity index is 112. The van der Waals surface area contributed by atoms with Crippen LogP contribution in [0.2, 0.25) is 0 Å². The summed E-state index contributed by atoms with van der Waals surface area (Å²) in [5.74, 6) is 0. The molecule has 0 saturated carbocycles. The molecule has 9 heavy (non-hydrogen) atoms. The van der Waals surface area contributed by atoms with Crippen LogP contribution in [-0.2, 0) is 0 Å². The number of hydrogen-bond donors (Lipinski definition) is 1. The van der Waals surface area contributed by atoms with Crippen molar-refractivity contribution in [1.29, 1.82) is 0 Å². The first kappa shape index (κ1) is 7.76. The van der Waals surface area contributed by atoms with Gasteiger partial charge in [-0.05, 0) is 57.3 Å². The second-order valence-corrected chi connectivity index (χ2v) is 4.93. The van der Waals surface area contributed by atoms with Crippen LogP contribution in [-0.4, -0.2) is 12.6 Å². The molecule has 1 saturated heterocycles.